The third-order valence-electron chi connectivity index (χ3n) is 4.38. The van der Waals surface area contributed by atoms with E-state index in [9.17, 15) is 9.18 Å². The maximum Gasteiger partial charge on any atom is 0.274 e. The van der Waals surface area contributed by atoms with Crippen molar-refractivity contribution in [2.45, 2.75) is 38.3 Å². The van der Waals surface area contributed by atoms with E-state index in [4.69, 9.17) is 5.21 Å². The predicted molar refractivity (Wildman–Crippen MR) is 67.5 cm³/mol. The molecular formula is C14H17FN2O2. The normalized spacial score (nSPS) is 25.8. The van der Waals surface area contributed by atoms with Crippen LogP contribution in [0.5, 0.6) is 0 Å². The van der Waals surface area contributed by atoms with Gasteiger partial charge in [-0.25, -0.2) is 9.87 Å². The Labute approximate surface area is 111 Å². The Bertz CT molecular complexity index is 532. The smallest absolute Gasteiger partial charge is 0.274 e. The van der Waals surface area contributed by atoms with Crippen LogP contribution in [0, 0.1) is 5.82 Å². The predicted octanol–water partition coefficient (Wildman–Crippen LogP) is 2.03. The van der Waals surface area contributed by atoms with E-state index in [2.05, 4.69) is 11.8 Å². The fourth-order valence-electron chi connectivity index (χ4n) is 3.42. The lowest BCUT2D eigenvalue weighted by Crippen LogP contribution is -2.36. The number of hydrogen-bond acceptors (Lipinski definition) is 3. The van der Waals surface area contributed by atoms with Crippen molar-refractivity contribution < 1.29 is 14.4 Å². The number of carbonyl (C=O) groups is 1. The Morgan fingerprint density at radius 1 is 1.47 bits per heavy atom. The minimum Gasteiger partial charge on any atom is -0.293 e. The van der Waals surface area contributed by atoms with Gasteiger partial charge in [-0.2, -0.15) is 0 Å². The van der Waals surface area contributed by atoms with Crippen LogP contribution in [0.1, 0.15) is 47.3 Å². The molecule has 2 heterocycles. The van der Waals surface area contributed by atoms with Crippen molar-refractivity contribution in [1.29, 1.82) is 0 Å². The highest BCUT2D eigenvalue weighted by Crippen LogP contribution is 2.42. The maximum atomic E-state index is 14.3. The van der Waals surface area contributed by atoms with Gasteiger partial charge in [-0.1, -0.05) is 0 Å². The molecule has 102 valence electrons. The standard InChI is InChI=1S/C14H17FN2O2/c1-8-2-3-12-13-9(4-5-17(8)12)6-10(7-11(13)15)14(18)16-19/h6-8,12,19H,2-5H2,1H3,(H,16,18)/t8-,12-/m1/s1. The molecule has 0 unspecified atom stereocenters. The van der Waals surface area contributed by atoms with Gasteiger partial charge in [-0.15, -0.1) is 0 Å². The molecule has 1 saturated heterocycles. The Morgan fingerprint density at radius 3 is 3.00 bits per heavy atom. The highest BCUT2D eigenvalue weighted by Gasteiger charge is 2.37. The summed E-state index contributed by atoms with van der Waals surface area (Å²) in [7, 11) is 0. The van der Waals surface area contributed by atoms with Crippen LogP contribution in [0.25, 0.3) is 0 Å². The van der Waals surface area contributed by atoms with Gasteiger partial charge in [-0.05, 0) is 43.9 Å². The summed E-state index contributed by atoms with van der Waals surface area (Å²) in [5.41, 5.74) is 3.37. The number of hydrogen-bond donors (Lipinski definition) is 2. The number of hydroxylamine groups is 1. The number of rotatable bonds is 1. The molecular weight excluding hydrogens is 247 g/mol. The molecule has 1 aromatic carbocycles. The molecule has 2 atom stereocenters. The minimum atomic E-state index is -0.663. The molecule has 1 fully saturated rings. The molecule has 3 rings (SSSR count). The number of fused-ring (bicyclic) bond motifs is 3. The lowest BCUT2D eigenvalue weighted by molar-refractivity contribution is 0.0705. The maximum absolute atomic E-state index is 14.3. The summed E-state index contributed by atoms with van der Waals surface area (Å²) in [4.78, 5) is 13.7. The van der Waals surface area contributed by atoms with E-state index in [1.165, 1.54) is 6.07 Å². The zero-order chi connectivity index (χ0) is 13.6. The summed E-state index contributed by atoms with van der Waals surface area (Å²) in [6, 6.07) is 3.56. The topological polar surface area (TPSA) is 52.6 Å². The Kier molecular flexibility index (Phi) is 3.03. The molecule has 0 radical (unpaired) electrons. The fourth-order valence-corrected chi connectivity index (χ4v) is 3.42. The molecule has 2 aliphatic heterocycles. The van der Waals surface area contributed by atoms with Crippen molar-refractivity contribution in [1.82, 2.24) is 10.4 Å². The summed E-state index contributed by atoms with van der Waals surface area (Å²) in [6.07, 6.45) is 2.80. The first-order valence-corrected chi connectivity index (χ1v) is 6.64. The van der Waals surface area contributed by atoms with Gasteiger partial charge < -0.3 is 0 Å². The Hall–Kier alpha value is -1.46. The van der Waals surface area contributed by atoms with E-state index in [1.54, 1.807) is 11.5 Å². The zero-order valence-corrected chi connectivity index (χ0v) is 10.8. The van der Waals surface area contributed by atoms with Crippen molar-refractivity contribution in [3.8, 4) is 0 Å². The average Bonchev–Trinajstić information content (AvgIpc) is 2.79. The van der Waals surface area contributed by atoms with Gasteiger partial charge in [0.2, 0.25) is 0 Å². The quantitative estimate of drug-likeness (QED) is 0.603. The van der Waals surface area contributed by atoms with E-state index in [0.29, 0.717) is 6.04 Å². The van der Waals surface area contributed by atoms with Crippen molar-refractivity contribution >= 4 is 5.91 Å². The number of carbonyl (C=O) groups excluding carboxylic acids is 1. The summed E-state index contributed by atoms with van der Waals surface area (Å²) >= 11 is 0. The highest BCUT2D eigenvalue weighted by atomic mass is 19.1. The zero-order valence-electron chi connectivity index (χ0n) is 10.8. The molecule has 19 heavy (non-hydrogen) atoms. The molecule has 1 amide bonds. The molecule has 0 aromatic heterocycles. The first kappa shape index (κ1) is 12.6. The third kappa shape index (κ3) is 1.93. The van der Waals surface area contributed by atoms with Crippen LogP contribution in [0.15, 0.2) is 12.1 Å². The summed E-state index contributed by atoms with van der Waals surface area (Å²) in [5, 5.41) is 8.64. The van der Waals surface area contributed by atoms with Gasteiger partial charge in [0.05, 0.1) is 0 Å². The van der Waals surface area contributed by atoms with Crippen LogP contribution < -0.4 is 5.48 Å². The van der Waals surface area contributed by atoms with Crippen LogP contribution in [0.3, 0.4) is 0 Å². The molecule has 2 aliphatic rings. The number of nitrogens with zero attached hydrogens (tertiary/aromatic N) is 1. The Balaban J connectivity index is 2.04. The SMILES string of the molecule is C[C@@H]1CC[C@@H]2c3c(F)cc(C(=O)NO)cc3CCN12. The van der Waals surface area contributed by atoms with Crippen molar-refractivity contribution in [3.05, 3.63) is 34.6 Å². The second-order valence-electron chi connectivity index (χ2n) is 5.40. The van der Waals surface area contributed by atoms with Gasteiger partial charge in [0.1, 0.15) is 5.82 Å². The number of nitrogens with one attached hydrogen (secondary N) is 1. The first-order chi connectivity index (χ1) is 9.11. The van der Waals surface area contributed by atoms with E-state index in [1.807, 2.05) is 0 Å². The summed E-state index contributed by atoms with van der Waals surface area (Å²) in [5.74, 6) is -0.996. The average molecular weight is 264 g/mol. The third-order valence-corrected chi connectivity index (χ3v) is 4.38. The van der Waals surface area contributed by atoms with Crippen molar-refractivity contribution in [3.63, 3.8) is 0 Å². The van der Waals surface area contributed by atoms with Gasteiger partial charge in [-0.3, -0.25) is 14.9 Å². The van der Waals surface area contributed by atoms with Crippen LogP contribution in [-0.2, 0) is 6.42 Å². The second-order valence-corrected chi connectivity index (χ2v) is 5.40. The van der Waals surface area contributed by atoms with Gasteiger partial charge >= 0.3 is 0 Å². The van der Waals surface area contributed by atoms with Gasteiger partial charge in [0.15, 0.2) is 0 Å². The van der Waals surface area contributed by atoms with Crippen LogP contribution >= 0.6 is 0 Å². The van der Waals surface area contributed by atoms with Crippen LogP contribution in [0.2, 0.25) is 0 Å². The molecule has 1 aromatic rings. The minimum absolute atomic E-state index is 0.144. The number of amides is 1. The monoisotopic (exact) mass is 264 g/mol. The molecule has 0 bridgehead atoms. The molecule has 0 saturated carbocycles. The van der Waals surface area contributed by atoms with Crippen molar-refractivity contribution in [2.75, 3.05) is 6.54 Å². The number of benzene rings is 1. The highest BCUT2D eigenvalue weighted by molar-refractivity contribution is 5.93. The Morgan fingerprint density at radius 2 is 2.26 bits per heavy atom. The van der Waals surface area contributed by atoms with Gasteiger partial charge in [0, 0.05) is 29.8 Å². The lowest BCUT2D eigenvalue weighted by atomic mass is 9.90. The fraction of sp³-hybridized carbons (Fsp3) is 0.500. The van der Waals surface area contributed by atoms with E-state index >= 15 is 0 Å². The van der Waals surface area contributed by atoms with E-state index < -0.39 is 5.91 Å². The second kappa shape index (κ2) is 4.58. The molecule has 5 heteroatoms. The molecule has 2 N–H and O–H groups in total. The van der Waals surface area contributed by atoms with E-state index in [-0.39, 0.29) is 17.4 Å². The van der Waals surface area contributed by atoms with Crippen LogP contribution in [-0.4, -0.2) is 28.6 Å². The molecule has 0 aliphatic carbocycles. The van der Waals surface area contributed by atoms with Gasteiger partial charge in [0.25, 0.3) is 5.91 Å². The number of halogens is 1. The van der Waals surface area contributed by atoms with Crippen LogP contribution in [0.4, 0.5) is 4.39 Å². The summed E-state index contributed by atoms with van der Waals surface area (Å²) in [6.45, 7) is 3.08. The van der Waals surface area contributed by atoms with E-state index in [0.717, 1.165) is 36.9 Å². The van der Waals surface area contributed by atoms with Crippen molar-refractivity contribution in [2.24, 2.45) is 0 Å². The largest absolute Gasteiger partial charge is 0.293 e. The first-order valence-electron chi connectivity index (χ1n) is 6.64. The molecule has 0 spiro atoms. The summed E-state index contributed by atoms with van der Waals surface area (Å²) < 4.78 is 14.3. The molecule has 4 nitrogen and oxygen atoms in total. The lowest BCUT2D eigenvalue weighted by Gasteiger charge is -2.34.